The molecular weight excluding hydrogens is 260 g/mol. The first-order valence-electron chi connectivity index (χ1n) is 7.85. The maximum Gasteiger partial charge on any atom is 0.0817 e. The molecule has 0 saturated carbocycles. The lowest BCUT2D eigenvalue weighted by molar-refractivity contribution is 0.473. The molecule has 0 bridgehead atoms. The van der Waals surface area contributed by atoms with Crippen molar-refractivity contribution in [2.75, 3.05) is 17.2 Å². The molecule has 112 valence electrons. The summed E-state index contributed by atoms with van der Waals surface area (Å²) in [5, 5.41) is 4.71. The normalized spacial score (nSPS) is 15.8. The molecule has 4 nitrogen and oxygen atoms in total. The van der Waals surface area contributed by atoms with Crippen LogP contribution in [0.25, 0.3) is 0 Å². The van der Waals surface area contributed by atoms with Gasteiger partial charge in [0.25, 0.3) is 0 Å². The highest BCUT2D eigenvalue weighted by Gasteiger charge is 2.19. The predicted octanol–water partition coefficient (Wildman–Crippen LogP) is 3.39. The minimum atomic E-state index is 0.461. The highest BCUT2D eigenvalue weighted by molar-refractivity contribution is 5.66. The highest BCUT2D eigenvalue weighted by atomic mass is 15.3. The van der Waals surface area contributed by atoms with Crippen molar-refractivity contribution in [2.45, 2.75) is 45.7 Å². The molecule has 4 heteroatoms. The fourth-order valence-corrected chi connectivity index (χ4v) is 2.98. The Morgan fingerprint density at radius 1 is 1.33 bits per heavy atom. The van der Waals surface area contributed by atoms with Crippen LogP contribution in [0.2, 0.25) is 0 Å². The van der Waals surface area contributed by atoms with Crippen molar-refractivity contribution in [1.29, 1.82) is 0 Å². The molecule has 0 spiro atoms. The average Bonchev–Trinajstić information content (AvgIpc) is 2.96. The van der Waals surface area contributed by atoms with E-state index < -0.39 is 0 Å². The second-order valence-corrected chi connectivity index (χ2v) is 5.91. The molecule has 1 aliphatic heterocycles. The minimum absolute atomic E-state index is 0.461. The van der Waals surface area contributed by atoms with Gasteiger partial charge in [0.1, 0.15) is 0 Å². The van der Waals surface area contributed by atoms with Crippen LogP contribution in [0, 0.1) is 0 Å². The Hall–Kier alpha value is -1.97. The van der Waals surface area contributed by atoms with Crippen LogP contribution in [0.5, 0.6) is 0 Å². The van der Waals surface area contributed by atoms with Crippen LogP contribution in [0.1, 0.15) is 44.0 Å². The van der Waals surface area contributed by atoms with Crippen molar-refractivity contribution in [3.63, 3.8) is 0 Å². The lowest BCUT2D eigenvalue weighted by Crippen LogP contribution is -2.29. The molecule has 1 atom stereocenters. The van der Waals surface area contributed by atoms with Gasteiger partial charge in [-0.2, -0.15) is 5.10 Å². The Balaban J connectivity index is 1.81. The quantitative estimate of drug-likeness (QED) is 0.875. The van der Waals surface area contributed by atoms with Gasteiger partial charge < -0.3 is 10.6 Å². The number of nitrogen functional groups attached to an aromatic ring is 1. The van der Waals surface area contributed by atoms with Crippen LogP contribution in [-0.2, 0) is 13.0 Å². The molecule has 2 heterocycles. The van der Waals surface area contributed by atoms with Crippen LogP contribution in [0.3, 0.4) is 0 Å². The third kappa shape index (κ3) is 2.75. The van der Waals surface area contributed by atoms with Gasteiger partial charge in [0.2, 0.25) is 0 Å². The summed E-state index contributed by atoms with van der Waals surface area (Å²) in [7, 11) is 0. The zero-order chi connectivity index (χ0) is 14.8. The molecule has 3 rings (SSSR count). The van der Waals surface area contributed by atoms with Crippen LogP contribution in [-0.4, -0.2) is 16.3 Å². The maximum atomic E-state index is 6.11. The zero-order valence-electron chi connectivity index (χ0n) is 12.9. The minimum Gasteiger partial charge on any atom is -0.398 e. The van der Waals surface area contributed by atoms with E-state index in [1.54, 1.807) is 0 Å². The number of benzene rings is 1. The zero-order valence-corrected chi connectivity index (χ0v) is 12.9. The Morgan fingerprint density at radius 2 is 2.19 bits per heavy atom. The van der Waals surface area contributed by atoms with Crippen LogP contribution in [0.4, 0.5) is 11.4 Å². The number of rotatable bonds is 4. The molecule has 1 aromatic heterocycles. The number of nitrogens with zero attached hydrogens (tertiary/aromatic N) is 3. The van der Waals surface area contributed by atoms with Gasteiger partial charge in [-0.1, -0.05) is 13.0 Å². The Bertz CT molecular complexity index is 617. The van der Waals surface area contributed by atoms with Gasteiger partial charge >= 0.3 is 0 Å². The van der Waals surface area contributed by atoms with Crippen molar-refractivity contribution in [1.82, 2.24) is 9.78 Å². The van der Waals surface area contributed by atoms with E-state index in [-0.39, 0.29) is 0 Å². The first kappa shape index (κ1) is 14.0. The summed E-state index contributed by atoms with van der Waals surface area (Å²) in [6.45, 7) is 6.33. The van der Waals surface area contributed by atoms with E-state index in [4.69, 9.17) is 10.8 Å². The molecule has 2 N–H and O–H groups in total. The fraction of sp³-hybridized carbons (Fsp3) is 0.471. The van der Waals surface area contributed by atoms with E-state index in [0.717, 1.165) is 43.7 Å². The van der Waals surface area contributed by atoms with Gasteiger partial charge in [-0.25, -0.2) is 0 Å². The number of nitrogens with two attached hydrogens (primary N) is 1. The summed E-state index contributed by atoms with van der Waals surface area (Å²) < 4.78 is 2.07. The lowest BCUT2D eigenvalue weighted by atomic mass is 10.00. The van der Waals surface area contributed by atoms with E-state index in [0.29, 0.717) is 6.04 Å². The molecule has 21 heavy (non-hydrogen) atoms. The lowest BCUT2D eigenvalue weighted by Gasteiger charge is -2.31. The summed E-state index contributed by atoms with van der Waals surface area (Å²) in [4.78, 5) is 2.40. The number of anilines is 2. The van der Waals surface area contributed by atoms with Gasteiger partial charge in [0, 0.05) is 30.2 Å². The molecule has 0 fully saturated rings. The summed E-state index contributed by atoms with van der Waals surface area (Å²) in [5.41, 5.74) is 10.7. The largest absolute Gasteiger partial charge is 0.398 e. The maximum absolute atomic E-state index is 6.11. The summed E-state index contributed by atoms with van der Waals surface area (Å²) in [6.07, 6.45) is 5.44. The van der Waals surface area contributed by atoms with E-state index in [9.17, 15) is 0 Å². The number of fused-ring (bicyclic) bond motifs is 1. The fourth-order valence-electron chi connectivity index (χ4n) is 2.98. The first-order chi connectivity index (χ1) is 10.2. The van der Waals surface area contributed by atoms with Crippen molar-refractivity contribution >= 4 is 11.4 Å². The van der Waals surface area contributed by atoms with Crippen molar-refractivity contribution in [3.05, 3.63) is 41.7 Å². The van der Waals surface area contributed by atoms with E-state index in [1.807, 2.05) is 12.1 Å². The first-order valence-corrected chi connectivity index (χ1v) is 7.85. The molecule has 1 unspecified atom stereocenters. The Labute approximate surface area is 126 Å². The van der Waals surface area contributed by atoms with Crippen molar-refractivity contribution in [2.24, 2.45) is 0 Å². The van der Waals surface area contributed by atoms with Gasteiger partial charge in [-0.15, -0.1) is 0 Å². The number of hydrogen-bond donors (Lipinski definition) is 1. The summed E-state index contributed by atoms with van der Waals surface area (Å²) in [6, 6.07) is 8.82. The molecule has 0 radical (unpaired) electrons. The van der Waals surface area contributed by atoms with E-state index in [1.165, 1.54) is 11.3 Å². The monoisotopic (exact) mass is 284 g/mol. The molecule has 0 aliphatic carbocycles. The van der Waals surface area contributed by atoms with Crippen molar-refractivity contribution in [3.8, 4) is 0 Å². The molecule has 0 amide bonds. The van der Waals surface area contributed by atoms with E-state index in [2.05, 4.69) is 41.8 Å². The molecular formula is C17H24N4. The molecule has 1 aliphatic rings. The number of hydrogen-bond acceptors (Lipinski definition) is 3. The van der Waals surface area contributed by atoms with Gasteiger partial charge in [0.05, 0.1) is 12.2 Å². The molecule has 0 saturated heterocycles. The summed E-state index contributed by atoms with van der Waals surface area (Å²) in [5.74, 6) is 0. The number of aromatic nitrogens is 2. The molecule has 2 aromatic rings. The Kier molecular flexibility index (Phi) is 3.86. The van der Waals surface area contributed by atoms with Crippen LogP contribution >= 0.6 is 0 Å². The Morgan fingerprint density at radius 3 is 3.00 bits per heavy atom. The highest BCUT2D eigenvalue weighted by Crippen LogP contribution is 2.32. The standard InChI is InChI=1S/C17H24N4/c1-3-13(2)21-11-9-14(19-21)12-20-10-5-6-15-16(18)7-4-8-17(15)20/h4,7-9,11,13H,3,5-6,10,12,18H2,1-2H3. The van der Waals surface area contributed by atoms with Gasteiger partial charge in [-0.3, -0.25) is 4.68 Å². The van der Waals surface area contributed by atoms with Crippen molar-refractivity contribution < 1.29 is 0 Å². The SMILES string of the molecule is CCC(C)n1ccc(CN2CCCc3c(N)cccc32)n1. The molecule has 1 aromatic carbocycles. The van der Waals surface area contributed by atoms with E-state index >= 15 is 0 Å². The summed E-state index contributed by atoms with van der Waals surface area (Å²) >= 11 is 0. The predicted molar refractivity (Wildman–Crippen MR) is 87.5 cm³/mol. The second-order valence-electron chi connectivity index (χ2n) is 5.91. The smallest absolute Gasteiger partial charge is 0.0817 e. The van der Waals surface area contributed by atoms with Gasteiger partial charge in [0.15, 0.2) is 0 Å². The third-order valence-corrected chi connectivity index (χ3v) is 4.44. The van der Waals surface area contributed by atoms with Gasteiger partial charge in [-0.05, 0) is 49.9 Å². The van der Waals surface area contributed by atoms with Crippen LogP contribution < -0.4 is 10.6 Å². The van der Waals surface area contributed by atoms with Crippen LogP contribution in [0.15, 0.2) is 30.5 Å². The topological polar surface area (TPSA) is 47.1 Å². The average molecular weight is 284 g/mol. The third-order valence-electron chi connectivity index (χ3n) is 4.44. The second kappa shape index (κ2) is 5.80.